The van der Waals surface area contributed by atoms with Gasteiger partial charge >= 0.3 is 6.09 Å². The van der Waals surface area contributed by atoms with Crippen LogP contribution in [0.4, 0.5) is 4.79 Å². The fourth-order valence-electron chi connectivity index (χ4n) is 1.68. The lowest BCUT2D eigenvalue weighted by Crippen LogP contribution is -2.40. The minimum atomic E-state index is -0.504. The van der Waals surface area contributed by atoms with Gasteiger partial charge in [0.05, 0.1) is 12.2 Å². The highest BCUT2D eigenvalue weighted by molar-refractivity contribution is 5.68. The van der Waals surface area contributed by atoms with Crippen molar-refractivity contribution in [1.82, 2.24) is 10.3 Å². The Balaban J connectivity index is 2.51. The van der Waals surface area contributed by atoms with Gasteiger partial charge in [-0.25, -0.2) is 4.79 Å². The number of hydrogen-bond acceptors (Lipinski definition) is 4. The van der Waals surface area contributed by atoms with Crippen molar-refractivity contribution < 1.29 is 14.3 Å². The van der Waals surface area contributed by atoms with Crippen molar-refractivity contribution in [3.05, 3.63) is 24.0 Å². The molecule has 1 amide bonds. The highest BCUT2D eigenvalue weighted by Crippen LogP contribution is 2.24. The van der Waals surface area contributed by atoms with Crippen LogP contribution in [0.5, 0.6) is 5.75 Å². The van der Waals surface area contributed by atoms with Crippen LogP contribution in [-0.4, -0.2) is 29.3 Å². The maximum atomic E-state index is 11.7. The summed E-state index contributed by atoms with van der Waals surface area (Å²) in [6.45, 7) is 14.1. The van der Waals surface area contributed by atoms with Crippen LogP contribution in [0.15, 0.2) is 18.5 Å². The predicted molar refractivity (Wildman–Crippen MR) is 87.3 cm³/mol. The molecule has 1 rings (SSSR count). The second kappa shape index (κ2) is 6.99. The van der Waals surface area contributed by atoms with Crippen molar-refractivity contribution in [2.24, 2.45) is 0 Å². The molecule has 0 saturated heterocycles. The lowest BCUT2D eigenvalue weighted by molar-refractivity contribution is 0.0494. The number of carbonyl (C=O) groups is 1. The van der Waals surface area contributed by atoms with Gasteiger partial charge in [0.25, 0.3) is 0 Å². The Morgan fingerprint density at radius 1 is 1.23 bits per heavy atom. The molecule has 0 aliphatic rings. The Morgan fingerprint density at radius 3 is 2.41 bits per heavy atom. The van der Waals surface area contributed by atoms with Crippen LogP contribution < -0.4 is 10.1 Å². The quantitative estimate of drug-likeness (QED) is 0.922. The molecule has 0 bridgehead atoms. The van der Waals surface area contributed by atoms with Crippen molar-refractivity contribution in [3.8, 4) is 5.75 Å². The predicted octanol–water partition coefficient (Wildman–Crippen LogP) is 3.67. The normalized spacial score (nSPS) is 13.4. The van der Waals surface area contributed by atoms with Gasteiger partial charge in [-0.15, -0.1) is 0 Å². The van der Waals surface area contributed by atoms with E-state index in [1.807, 2.05) is 40.0 Å². The van der Waals surface area contributed by atoms with Crippen molar-refractivity contribution >= 4 is 6.09 Å². The summed E-state index contributed by atoms with van der Waals surface area (Å²) in [7, 11) is 0. The minimum absolute atomic E-state index is 0.0206. The zero-order chi connectivity index (χ0) is 17.0. The van der Waals surface area contributed by atoms with Gasteiger partial charge < -0.3 is 14.8 Å². The fourth-order valence-corrected chi connectivity index (χ4v) is 1.68. The molecule has 22 heavy (non-hydrogen) atoms. The van der Waals surface area contributed by atoms with Crippen LogP contribution in [0.3, 0.4) is 0 Å². The van der Waals surface area contributed by atoms with E-state index in [1.165, 1.54) is 0 Å². The summed E-state index contributed by atoms with van der Waals surface area (Å²) < 4.78 is 10.9. The average molecular weight is 308 g/mol. The summed E-state index contributed by atoms with van der Waals surface area (Å²) in [6.07, 6.45) is 3.08. The molecule has 0 aromatic carbocycles. The number of carbonyl (C=O) groups excluding carboxylic acids is 1. The number of rotatable bonds is 4. The molecule has 0 saturated carbocycles. The Morgan fingerprint density at radius 2 is 1.86 bits per heavy atom. The van der Waals surface area contributed by atoms with Gasteiger partial charge in [-0.1, -0.05) is 20.8 Å². The summed E-state index contributed by atoms with van der Waals surface area (Å²) in [5.74, 6) is 0.699. The van der Waals surface area contributed by atoms with Crippen LogP contribution in [0.1, 0.15) is 54.0 Å². The van der Waals surface area contributed by atoms with Gasteiger partial charge in [-0.05, 0) is 44.7 Å². The van der Waals surface area contributed by atoms with Crippen molar-refractivity contribution in [1.29, 1.82) is 0 Å². The van der Waals surface area contributed by atoms with E-state index in [2.05, 4.69) is 31.1 Å². The van der Waals surface area contributed by atoms with Gasteiger partial charge in [0.1, 0.15) is 18.0 Å². The SMILES string of the molecule is CC(COc1cncc(C(C)(C)C)c1)NC(=O)OC(C)(C)C. The molecule has 5 nitrogen and oxygen atoms in total. The van der Waals surface area contributed by atoms with E-state index in [1.54, 1.807) is 6.20 Å². The smallest absolute Gasteiger partial charge is 0.407 e. The number of nitrogens with zero attached hydrogens (tertiary/aromatic N) is 1. The second-order valence-electron chi connectivity index (χ2n) is 7.52. The monoisotopic (exact) mass is 308 g/mol. The molecule has 1 aromatic rings. The van der Waals surface area contributed by atoms with Crippen LogP contribution in [-0.2, 0) is 10.2 Å². The van der Waals surface area contributed by atoms with Crippen LogP contribution >= 0.6 is 0 Å². The lowest BCUT2D eigenvalue weighted by atomic mass is 9.88. The van der Waals surface area contributed by atoms with Gasteiger partial charge in [0, 0.05) is 6.20 Å². The molecule has 0 spiro atoms. The molecule has 1 N–H and O–H groups in total. The van der Waals surface area contributed by atoms with Crippen LogP contribution in [0.2, 0.25) is 0 Å². The molecular formula is C17H28N2O3. The van der Waals surface area contributed by atoms with Gasteiger partial charge in [-0.3, -0.25) is 4.98 Å². The third kappa shape index (κ3) is 6.78. The Bertz CT molecular complexity index is 501. The molecule has 1 aromatic heterocycles. The second-order valence-corrected chi connectivity index (χ2v) is 7.52. The first kappa shape index (κ1) is 18.3. The number of aromatic nitrogens is 1. The Kier molecular flexibility index (Phi) is 5.80. The molecule has 5 heteroatoms. The number of amides is 1. The summed E-state index contributed by atoms with van der Waals surface area (Å²) in [5, 5.41) is 2.74. The first-order valence-corrected chi connectivity index (χ1v) is 7.55. The van der Waals surface area contributed by atoms with E-state index in [-0.39, 0.29) is 11.5 Å². The summed E-state index contributed by atoms with van der Waals surface area (Å²) in [5.41, 5.74) is 0.625. The third-order valence-electron chi connectivity index (χ3n) is 2.84. The Labute approximate surface area is 133 Å². The molecule has 1 heterocycles. The van der Waals surface area contributed by atoms with Gasteiger partial charge in [-0.2, -0.15) is 0 Å². The topological polar surface area (TPSA) is 60.5 Å². The van der Waals surface area contributed by atoms with E-state index in [4.69, 9.17) is 9.47 Å². The molecule has 1 atom stereocenters. The minimum Gasteiger partial charge on any atom is -0.490 e. The van der Waals surface area contributed by atoms with Crippen molar-refractivity contribution in [3.63, 3.8) is 0 Å². The molecule has 1 unspecified atom stereocenters. The summed E-state index contributed by atoms with van der Waals surface area (Å²) in [4.78, 5) is 15.9. The zero-order valence-electron chi connectivity index (χ0n) is 14.7. The fraction of sp³-hybridized carbons (Fsp3) is 0.647. The number of nitrogens with one attached hydrogen (secondary N) is 1. The van der Waals surface area contributed by atoms with E-state index in [0.717, 1.165) is 5.56 Å². The van der Waals surface area contributed by atoms with Crippen molar-refractivity contribution in [2.45, 2.75) is 65.5 Å². The van der Waals surface area contributed by atoms with Crippen molar-refractivity contribution in [2.75, 3.05) is 6.61 Å². The number of pyridine rings is 1. The molecule has 0 radical (unpaired) electrons. The highest BCUT2D eigenvalue weighted by Gasteiger charge is 2.18. The van der Waals surface area contributed by atoms with Crippen LogP contribution in [0, 0.1) is 0 Å². The largest absolute Gasteiger partial charge is 0.490 e. The third-order valence-corrected chi connectivity index (χ3v) is 2.84. The summed E-state index contributed by atoms with van der Waals surface area (Å²) >= 11 is 0. The van der Waals surface area contributed by atoms with Gasteiger partial charge in [0.2, 0.25) is 0 Å². The zero-order valence-corrected chi connectivity index (χ0v) is 14.7. The number of ether oxygens (including phenoxy) is 2. The molecule has 0 aliphatic heterocycles. The maximum absolute atomic E-state index is 11.7. The first-order chi connectivity index (χ1) is 9.97. The van der Waals surface area contributed by atoms with E-state index in [9.17, 15) is 4.79 Å². The molecule has 124 valence electrons. The van der Waals surface area contributed by atoms with Crippen LogP contribution in [0.25, 0.3) is 0 Å². The van der Waals surface area contributed by atoms with Gasteiger partial charge in [0.15, 0.2) is 0 Å². The van der Waals surface area contributed by atoms with E-state index in [0.29, 0.717) is 12.4 Å². The maximum Gasteiger partial charge on any atom is 0.407 e. The number of alkyl carbamates (subject to hydrolysis) is 1. The van der Waals surface area contributed by atoms with E-state index >= 15 is 0 Å². The Hall–Kier alpha value is -1.78. The first-order valence-electron chi connectivity index (χ1n) is 7.55. The molecule has 0 fully saturated rings. The molecular weight excluding hydrogens is 280 g/mol. The lowest BCUT2D eigenvalue weighted by Gasteiger charge is -2.22. The summed E-state index contributed by atoms with van der Waals surface area (Å²) in [6, 6.07) is 1.82. The highest BCUT2D eigenvalue weighted by atomic mass is 16.6. The van der Waals surface area contributed by atoms with E-state index < -0.39 is 11.7 Å². The average Bonchev–Trinajstić information content (AvgIpc) is 2.33. The number of hydrogen-bond donors (Lipinski definition) is 1. The standard InChI is InChI=1S/C17H28N2O3/c1-12(19-15(20)22-17(5,6)7)11-21-14-8-13(9-18-10-14)16(2,3)4/h8-10,12H,11H2,1-7H3,(H,19,20). The molecule has 0 aliphatic carbocycles.